The largest absolute Gasteiger partial charge is 0.383 e. The maximum atomic E-state index is 12.3. The summed E-state index contributed by atoms with van der Waals surface area (Å²) in [6.07, 6.45) is 1.76. The maximum Gasteiger partial charge on any atom is 0.233 e. The van der Waals surface area contributed by atoms with Gasteiger partial charge in [0.15, 0.2) is 0 Å². The third kappa shape index (κ3) is 4.00. The molecule has 1 fully saturated rings. The molecule has 0 bridgehead atoms. The topological polar surface area (TPSA) is 45.2 Å². The van der Waals surface area contributed by atoms with E-state index in [9.17, 15) is 4.79 Å². The minimum absolute atomic E-state index is 0.0320. The maximum absolute atomic E-state index is 12.3. The van der Waals surface area contributed by atoms with Gasteiger partial charge in [0.1, 0.15) is 5.37 Å². The highest BCUT2D eigenvalue weighted by Crippen LogP contribution is 2.38. The lowest BCUT2D eigenvalue weighted by Crippen LogP contribution is -2.32. The summed E-state index contributed by atoms with van der Waals surface area (Å²) in [7, 11) is 0. The number of fused-ring (bicyclic) bond motifs is 1. The number of hydrogen-bond donors (Lipinski definition) is 1. The van der Waals surface area contributed by atoms with Gasteiger partial charge in [0.25, 0.3) is 0 Å². The molecule has 1 atom stereocenters. The first-order chi connectivity index (χ1) is 13.1. The number of rotatable bonds is 5. The molecule has 4 nitrogen and oxygen atoms in total. The van der Waals surface area contributed by atoms with Gasteiger partial charge in [-0.2, -0.15) is 0 Å². The number of nitrogens with zero attached hydrogens (tertiary/aromatic N) is 2. The summed E-state index contributed by atoms with van der Waals surface area (Å²) in [5.41, 5.74) is 2.93. The van der Waals surface area contributed by atoms with Crippen molar-refractivity contribution in [3.05, 3.63) is 70.3 Å². The van der Waals surface area contributed by atoms with Crippen LogP contribution in [-0.4, -0.2) is 34.6 Å². The first-order valence-electron chi connectivity index (χ1n) is 8.56. The van der Waals surface area contributed by atoms with E-state index < -0.39 is 0 Å². The fourth-order valence-corrected chi connectivity index (χ4v) is 4.70. The van der Waals surface area contributed by atoms with Crippen molar-refractivity contribution >= 4 is 57.5 Å². The Kier molecular flexibility index (Phi) is 5.43. The van der Waals surface area contributed by atoms with Crippen LogP contribution in [0, 0.1) is 0 Å². The van der Waals surface area contributed by atoms with Crippen molar-refractivity contribution in [2.24, 2.45) is 0 Å². The zero-order chi connectivity index (χ0) is 18.8. The van der Waals surface area contributed by atoms with Crippen LogP contribution in [0.25, 0.3) is 10.9 Å². The van der Waals surface area contributed by atoms with Crippen molar-refractivity contribution in [3.8, 4) is 0 Å². The average Bonchev–Trinajstić information content (AvgIpc) is 3.03. The number of hydrogen-bond acceptors (Lipinski definition) is 4. The minimum atomic E-state index is 0.0320. The van der Waals surface area contributed by atoms with Crippen LogP contribution in [0.3, 0.4) is 0 Å². The summed E-state index contributed by atoms with van der Waals surface area (Å²) in [5.74, 6) is 0.664. The van der Waals surface area contributed by atoms with Crippen molar-refractivity contribution in [1.82, 2.24) is 9.88 Å². The Hall–Kier alpha value is -1.95. The van der Waals surface area contributed by atoms with Crippen molar-refractivity contribution in [3.63, 3.8) is 0 Å². The number of nitrogens with one attached hydrogen (secondary N) is 1. The summed E-state index contributed by atoms with van der Waals surface area (Å²) < 4.78 is 0. The van der Waals surface area contributed by atoms with Gasteiger partial charge in [-0.15, -0.1) is 11.8 Å². The molecule has 0 radical (unpaired) electrons. The molecule has 27 heavy (non-hydrogen) atoms. The Morgan fingerprint density at radius 1 is 1.11 bits per heavy atom. The van der Waals surface area contributed by atoms with Gasteiger partial charge in [0, 0.05) is 40.4 Å². The van der Waals surface area contributed by atoms with E-state index in [-0.39, 0.29) is 11.3 Å². The molecule has 1 aliphatic rings. The second kappa shape index (κ2) is 7.97. The van der Waals surface area contributed by atoms with Gasteiger partial charge in [-0.25, -0.2) is 0 Å². The summed E-state index contributed by atoms with van der Waals surface area (Å²) in [4.78, 5) is 18.6. The number of benzene rings is 2. The summed E-state index contributed by atoms with van der Waals surface area (Å²) in [6.45, 7) is 1.27. The molecule has 1 aromatic heterocycles. The smallest absolute Gasteiger partial charge is 0.233 e. The Balaban J connectivity index is 1.46. The molecule has 2 aromatic carbocycles. The van der Waals surface area contributed by atoms with Gasteiger partial charge in [-0.05, 0) is 42.0 Å². The van der Waals surface area contributed by atoms with Crippen LogP contribution in [0.1, 0.15) is 10.9 Å². The predicted octanol–water partition coefficient (Wildman–Crippen LogP) is 5.23. The normalized spacial score (nSPS) is 16.9. The Morgan fingerprint density at radius 3 is 2.70 bits per heavy atom. The van der Waals surface area contributed by atoms with Crippen LogP contribution in [0.4, 0.5) is 5.69 Å². The fraction of sp³-hybridized carbons (Fsp3) is 0.200. The lowest BCUT2D eigenvalue weighted by molar-refractivity contribution is -0.127. The number of amides is 1. The molecule has 0 aliphatic carbocycles. The molecular weight excluding hydrogens is 401 g/mol. The molecule has 1 aliphatic heterocycles. The Bertz CT molecular complexity index is 981. The van der Waals surface area contributed by atoms with Crippen LogP contribution >= 0.6 is 35.0 Å². The van der Waals surface area contributed by atoms with Gasteiger partial charge in [-0.3, -0.25) is 9.78 Å². The molecule has 4 rings (SSSR count). The van der Waals surface area contributed by atoms with Crippen LogP contribution < -0.4 is 5.32 Å². The number of aromatic nitrogens is 1. The van der Waals surface area contributed by atoms with E-state index in [0.29, 0.717) is 28.9 Å². The van der Waals surface area contributed by atoms with Gasteiger partial charge in [0.05, 0.1) is 11.3 Å². The van der Waals surface area contributed by atoms with Crippen LogP contribution in [0.5, 0.6) is 0 Å². The van der Waals surface area contributed by atoms with Crippen LogP contribution in [-0.2, 0) is 4.79 Å². The molecule has 7 heteroatoms. The van der Waals surface area contributed by atoms with Gasteiger partial charge in [0.2, 0.25) is 5.91 Å². The quantitative estimate of drug-likeness (QED) is 0.617. The highest BCUT2D eigenvalue weighted by atomic mass is 35.5. The average molecular weight is 418 g/mol. The van der Waals surface area contributed by atoms with E-state index in [0.717, 1.165) is 22.2 Å². The highest BCUT2D eigenvalue weighted by Gasteiger charge is 2.32. The molecular formula is C20H17Cl2N3OS. The zero-order valence-electron chi connectivity index (χ0n) is 14.4. The van der Waals surface area contributed by atoms with Crippen LogP contribution in [0.2, 0.25) is 10.0 Å². The number of anilines is 1. The lowest BCUT2D eigenvalue weighted by Gasteiger charge is -2.24. The van der Waals surface area contributed by atoms with Gasteiger partial charge in [-0.1, -0.05) is 35.3 Å². The first kappa shape index (κ1) is 18.4. The summed E-state index contributed by atoms with van der Waals surface area (Å²) in [6, 6.07) is 15.3. The standard InChI is InChI=1S/C20H17Cl2N3OS/c21-14-3-1-13(2-4-14)20-25(19(26)12-27-20)10-9-24-17-7-8-23-18-11-15(22)5-6-16(17)18/h1-8,11,20H,9-10,12H2,(H,23,24). The fourth-order valence-electron chi connectivity index (χ4n) is 3.19. The zero-order valence-corrected chi connectivity index (χ0v) is 16.7. The third-order valence-electron chi connectivity index (χ3n) is 4.50. The van der Waals surface area contributed by atoms with E-state index >= 15 is 0 Å². The Labute approximate surface area is 171 Å². The van der Waals surface area contributed by atoms with Crippen molar-refractivity contribution < 1.29 is 4.79 Å². The molecule has 0 spiro atoms. The van der Waals surface area contributed by atoms with E-state index in [1.54, 1.807) is 18.0 Å². The molecule has 1 N–H and O–H groups in total. The summed E-state index contributed by atoms with van der Waals surface area (Å²) in [5, 5.41) is 5.84. The van der Waals surface area contributed by atoms with E-state index in [2.05, 4.69) is 10.3 Å². The molecule has 0 saturated carbocycles. The number of carbonyl (C=O) groups is 1. The molecule has 1 saturated heterocycles. The molecule has 1 amide bonds. The molecule has 2 heterocycles. The molecule has 3 aromatic rings. The second-order valence-corrected chi connectivity index (χ2v) is 8.19. The first-order valence-corrected chi connectivity index (χ1v) is 10.4. The Morgan fingerprint density at radius 2 is 1.89 bits per heavy atom. The molecule has 138 valence electrons. The van der Waals surface area contributed by atoms with E-state index in [4.69, 9.17) is 23.2 Å². The predicted molar refractivity (Wildman–Crippen MR) is 114 cm³/mol. The van der Waals surface area contributed by atoms with Gasteiger partial charge < -0.3 is 10.2 Å². The summed E-state index contributed by atoms with van der Waals surface area (Å²) >= 11 is 13.7. The number of pyridine rings is 1. The monoisotopic (exact) mass is 417 g/mol. The van der Waals surface area contributed by atoms with Crippen molar-refractivity contribution in [2.75, 3.05) is 24.2 Å². The second-order valence-electron chi connectivity index (χ2n) is 6.25. The van der Waals surface area contributed by atoms with Crippen LogP contribution in [0.15, 0.2) is 54.7 Å². The third-order valence-corrected chi connectivity index (χ3v) is 6.24. The number of halogens is 2. The van der Waals surface area contributed by atoms with Gasteiger partial charge >= 0.3 is 0 Å². The minimum Gasteiger partial charge on any atom is -0.383 e. The van der Waals surface area contributed by atoms with E-state index in [1.807, 2.05) is 53.4 Å². The van der Waals surface area contributed by atoms with Crippen molar-refractivity contribution in [1.29, 1.82) is 0 Å². The highest BCUT2D eigenvalue weighted by molar-refractivity contribution is 8.00. The SMILES string of the molecule is O=C1CSC(c2ccc(Cl)cc2)N1CCNc1ccnc2cc(Cl)ccc12. The van der Waals surface area contributed by atoms with Crippen molar-refractivity contribution in [2.45, 2.75) is 5.37 Å². The number of carbonyl (C=O) groups excluding carboxylic acids is 1. The number of thioether (sulfide) groups is 1. The lowest BCUT2D eigenvalue weighted by atomic mass is 10.2. The van der Waals surface area contributed by atoms with E-state index in [1.165, 1.54) is 0 Å². The molecule has 1 unspecified atom stereocenters.